The first-order chi connectivity index (χ1) is 16.0. The first-order valence-electron chi connectivity index (χ1n) is 12.4. The van der Waals surface area contributed by atoms with Gasteiger partial charge in [-0.3, -0.25) is 0 Å². The van der Waals surface area contributed by atoms with Crippen LogP contribution in [0.2, 0.25) is 0 Å². The molecule has 0 amide bonds. The molecule has 0 unspecified atom stereocenters. The molecule has 0 atom stereocenters. The van der Waals surface area contributed by atoms with Crippen molar-refractivity contribution in [3.63, 3.8) is 0 Å². The van der Waals surface area contributed by atoms with E-state index in [9.17, 15) is 13.2 Å². The van der Waals surface area contributed by atoms with Crippen LogP contribution in [0.4, 0.5) is 13.2 Å². The van der Waals surface area contributed by atoms with E-state index in [0.717, 1.165) is 23.1 Å². The Bertz CT molecular complexity index is 950. The second-order valence-electron chi connectivity index (χ2n) is 9.20. The van der Waals surface area contributed by atoms with E-state index in [1.807, 2.05) is 36.4 Å². The minimum atomic E-state index is -2.51. The Balaban J connectivity index is 1.50. The van der Waals surface area contributed by atoms with Gasteiger partial charge < -0.3 is 0 Å². The first kappa shape index (κ1) is 25.2. The van der Waals surface area contributed by atoms with Crippen LogP contribution >= 0.6 is 0 Å². The average molecular weight is 453 g/mol. The van der Waals surface area contributed by atoms with Crippen molar-refractivity contribution in [3.05, 3.63) is 76.6 Å². The van der Waals surface area contributed by atoms with Gasteiger partial charge in [-0.05, 0) is 67.0 Å². The molecule has 3 rings (SSSR count). The Hall–Kier alpha value is -2.47. The van der Waals surface area contributed by atoms with E-state index < -0.39 is 5.92 Å². The highest BCUT2D eigenvalue weighted by atomic mass is 19.3. The minimum Gasteiger partial charge on any atom is -0.207 e. The van der Waals surface area contributed by atoms with Gasteiger partial charge in [0.05, 0.1) is 5.56 Å². The zero-order valence-corrected chi connectivity index (χ0v) is 19.7. The van der Waals surface area contributed by atoms with Crippen molar-refractivity contribution in [1.29, 1.82) is 0 Å². The topological polar surface area (TPSA) is 0 Å². The summed E-state index contributed by atoms with van der Waals surface area (Å²) in [5.41, 5.74) is 3.11. The van der Waals surface area contributed by atoms with Crippen LogP contribution in [0.3, 0.4) is 0 Å². The van der Waals surface area contributed by atoms with E-state index in [4.69, 9.17) is 0 Å². The van der Waals surface area contributed by atoms with Crippen molar-refractivity contribution < 1.29 is 13.2 Å². The summed E-state index contributed by atoms with van der Waals surface area (Å²) in [7, 11) is 0. The number of benzene rings is 2. The highest BCUT2D eigenvalue weighted by molar-refractivity contribution is 5.53. The highest BCUT2D eigenvalue weighted by Crippen LogP contribution is 2.40. The zero-order chi connectivity index (χ0) is 23.5. The number of halogens is 3. The van der Waals surface area contributed by atoms with E-state index >= 15 is 0 Å². The molecule has 0 spiro atoms. The molecule has 0 N–H and O–H groups in total. The molecule has 0 radical (unpaired) electrons. The normalized spacial score (nSPS) is 16.0. The Labute approximate surface area is 197 Å². The van der Waals surface area contributed by atoms with E-state index in [0.29, 0.717) is 18.4 Å². The summed E-state index contributed by atoms with van der Waals surface area (Å²) < 4.78 is 41.2. The fraction of sp³-hybridized carbons (Fsp3) is 0.467. The maximum atomic E-state index is 14.5. The van der Waals surface area contributed by atoms with Crippen LogP contribution in [0.25, 0.3) is 6.08 Å². The van der Waals surface area contributed by atoms with Gasteiger partial charge in [0, 0.05) is 18.4 Å². The van der Waals surface area contributed by atoms with Gasteiger partial charge in [0.2, 0.25) is 5.92 Å². The van der Waals surface area contributed by atoms with Crippen LogP contribution in [-0.2, 0) is 0 Å². The van der Waals surface area contributed by atoms with Crippen LogP contribution in [0, 0.1) is 17.7 Å². The summed E-state index contributed by atoms with van der Waals surface area (Å²) in [4.78, 5) is 0. The maximum absolute atomic E-state index is 14.5. The van der Waals surface area contributed by atoms with Gasteiger partial charge in [-0.25, -0.2) is 13.2 Å². The third-order valence-corrected chi connectivity index (χ3v) is 6.47. The van der Waals surface area contributed by atoms with Crippen LogP contribution in [-0.4, -0.2) is 5.92 Å². The van der Waals surface area contributed by atoms with Crippen molar-refractivity contribution in [3.8, 4) is 11.8 Å². The van der Waals surface area contributed by atoms with Gasteiger partial charge in [0.1, 0.15) is 5.82 Å². The van der Waals surface area contributed by atoms with Crippen molar-refractivity contribution in [2.24, 2.45) is 0 Å². The largest absolute Gasteiger partial charge is 0.248 e. The molecule has 0 saturated heterocycles. The molecule has 1 aliphatic rings. The fourth-order valence-corrected chi connectivity index (χ4v) is 4.35. The van der Waals surface area contributed by atoms with Crippen molar-refractivity contribution >= 4 is 6.08 Å². The molecule has 0 aliphatic heterocycles. The molecule has 176 valence electrons. The average Bonchev–Trinajstić information content (AvgIpc) is 2.81. The maximum Gasteiger partial charge on any atom is 0.248 e. The van der Waals surface area contributed by atoms with Crippen LogP contribution in [0.1, 0.15) is 106 Å². The van der Waals surface area contributed by atoms with Gasteiger partial charge in [0.15, 0.2) is 0 Å². The van der Waals surface area contributed by atoms with Gasteiger partial charge in [0.25, 0.3) is 0 Å². The molecule has 0 nitrogen and oxygen atoms in total. The standard InChI is InChI=1S/C30H35F3/c1-2-3-4-5-6-7-8-9-10-25-14-18-28(29(31)23-25)17-13-24-11-15-26(16-12-24)27-19-21-30(32,33)22-20-27/h9-12,14-16,18,23,27H,2-8,19-22H2,1H3/b10-9+. The Morgan fingerprint density at radius 2 is 1.61 bits per heavy atom. The first-order valence-corrected chi connectivity index (χ1v) is 12.4. The van der Waals surface area contributed by atoms with Crippen molar-refractivity contribution in [2.45, 2.75) is 89.4 Å². The number of unbranched alkanes of at least 4 members (excludes halogenated alkanes) is 6. The predicted octanol–water partition coefficient (Wildman–Crippen LogP) is 9.28. The summed E-state index contributed by atoms with van der Waals surface area (Å²) in [6.45, 7) is 2.22. The number of allylic oxidation sites excluding steroid dienone is 1. The fourth-order valence-electron chi connectivity index (χ4n) is 4.35. The third kappa shape index (κ3) is 8.43. The summed E-state index contributed by atoms with van der Waals surface area (Å²) in [5.74, 6) is 3.30. The number of alkyl halides is 2. The molecular weight excluding hydrogens is 417 g/mol. The van der Waals surface area contributed by atoms with Gasteiger partial charge in [-0.2, -0.15) is 0 Å². The van der Waals surface area contributed by atoms with Crippen molar-refractivity contribution in [1.82, 2.24) is 0 Å². The number of hydrogen-bond donors (Lipinski definition) is 0. The summed E-state index contributed by atoms with van der Waals surface area (Å²) in [5, 5.41) is 0. The summed E-state index contributed by atoms with van der Waals surface area (Å²) in [6, 6.07) is 12.9. The summed E-state index contributed by atoms with van der Waals surface area (Å²) in [6.07, 6.45) is 13.7. The molecule has 0 bridgehead atoms. The molecule has 1 aliphatic carbocycles. The van der Waals surface area contributed by atoms with E-state index in [1.165, 1.54) is 44.6 Å². The highest BCUT2D eigenvalue weighted by Gasteiger charge is 2.35. The predicted molar refractivity (Wildman–Crippen MR) is 132 cm³/mol. The van der Waals surface area contributed by atoms with Gasteiger partial charge >= 0.3 is 0 Å². The minimum absolute atomic E-state index is 0.0390. The molecule has 0 aromatic heterocycles. The molecule has 0 heterocycles. The van der Waals surface area contributed by atoms with Gasteiger partial charge in [-0.15, -0.1) is 0 Å². The Morgan fingerprint density at radius 3 is 2.30 bits per heavy atom. The van der Waals surface area contributed by atoms with Gasteiger partial charge in [-0.1, -0.05) is 81.2 Å². The van der Waals surface area contributed by atoms with Crippen LogP contribution in [0.15, 0.2) is 48.5 Å². The lowest BCUT2D eigenvalue weighted by molar-refractivity contribution is -0.0382. The molecule has 1 fully saturated rings. The van der Waals surface area contributed by atoms with E-state index in [1.54, 1.807) is 6.07 Å². The molecule has 2 aromatic carbocycles. The van der Waals surface area contributed by atoms with Crippen LogP contribution in [0.5, 0.6) is 0 Å². The monoisotopic (exact) mass is 452 g/mol. The molecule has 33 heavy (non-hydrogen) atoms. The summed E-state index contributed by atoms with van der Waals surface area (Å²) >= 11 is 0. The second-order valence-corrected chi connectivity index (χ2v) is 9.20. The lowest BCUT2D eigenvalue weighted by atomic mass is 9.82. The van der Waals surface area contributed by atoms with Crippen LogP contribution < -0.4 is 0 Å². The van der Waals surface area contributed by atoms with E-state index in [2.05, 4.69) is 24.8 Å². The molecule has 3 heteroatoms. The molecule has 2 aromatic rings. The third-order valence-electron chi connectivity index (χ3n) is 6.47. The smallest absolute Gasteiger partial charge is 0.207 e. The van der Waals surface area contributed by atoms with Crippen molar-refractivity contribution in [2.75, 3.05) is 0 Å². The quantitative estimate of drug-likeness (QED) is 0.263. The molecular formula is C30H35F3. The van der Waals surface area contributed by atoms with E-state index in [-0.39, 0.29) is 24.6 Å². The second kappa shape index (κ2) is 12.7. The zero-order valence-electron chi connectivity index (χ0n) is 19.7. The SMILES string of the molecule is CCCCCCCC/C=C/c1ccc(C#Cc2ccc(C3CCC(F)(F)CC3)cc2)c(F)c1. The lowest BCUT2D eigenvalue weighted by Gasteiger charge is -2.28. The Morgan fingerprint density at radius 1 is 0.909 bits per heavy atom. The molecule has 1 saturated carbocycles. The lowest BCUT2D eigenvalue weighted by Crippen LogP contribution is -2.23. The number of rotatable bonds is 9. The Kier molecular flexibility index (Phi) is 9.67. The number of hydrogen-bond acceptors (Lipinski definition) is 0.